The van der Waals surface area contributed by atoms with Crippen molar-refractivity contribution in [1.29, 1.82) is 0 Å². The van der Waals surface area contributed by atoms with Crippen LogP contribution in [0.3, 0.4) is 0 Å². The van der Waals surface area contributed by atoms with Crippen LogP contribution >= 0.6 is 0 Å². The van der Waals surface area contributed by atoms with Crippen LogP contribution < -0.4 is 19.5 Å². The third-order valence-electron chi connectivity index (χ3n) is 3.83. The summed E-state index contributed by atoms with van der Waals surface area (Å²) in [5.74, 6) is 0.706. The Morgan fingerprint density at radius 1 is 1.00 bits per heavy atom. The van der Waals surface area contributed by atoms with Crippen LogP contribution in [0.15, 0.2) is 12.1 Å². The molecule has 130 valence electrons. The third-order valence-corrected chi connectivity index (χ3v) is 3.83. The molecular formula is C15H21F3N2O3. The fourth-order valence-corrected chi connectivity index (χ4v) is 2.81. The molecule has 1 atom stereocenters. The molecule has 1 fully saturated rings. The second-order valence-corrected chi connectivity index (χ2v) is 5.19. The number of piperazine rings is 1. The van der Waals surface area contributed by atoms with Crippen LogP contribution in [0.5, 0.6) is 17.2 Å². The van der Waals surface area contributed by atoms with Gasteiger partial charge in [-0.1, -0.05) is 0 Å². The van der Waals surface area contributed by atoms with E-state index >= 15 is 0 Å². The van der Waals surface area contributed by atoms with Gasteiger partial charge in [0, 0.05) is 26.2 Å². The molecule has 1 N–H and O–H groups in total. The fraction of sp³-hybridized carbons (Fsp3) is 0.600. The lowest BCUT2D eigenvalue weighted by molar-refractivity contribution is -0.187. The SMILES string of the molecule is COc1cc([C@@H](N2CCNCC2)C(F)(F)F)cc(OC)c1OC. The van der Waals surface area contributed by atoms with Crippen LogP contribution in [0.2, 0.25) is 0 Å². The lowest BCUT2D eigenvalue weighted by atomic mass is 10.0. The van der Waals surface area contributed by atoms with Crippen molar-refractivity contribution in [1.82, 2.24) is 10.2 Å². The Hall–Kier alpha value is -1.67. The van der Waals surface area contributed by atoms with Gasteiger partial charge in [-0.25, -0.2) is 0 Å². The highest BCUT2D eigenvalue weighted by molar-refractivity contribution is 5.54. The maximum absolute atomic E-state index is 13.7. The van der Waals surface area contributed by atoms with E-state index in [1.807, 2.05) is 0 Å². The number of rotatable bonds is 5. The van der Waals surface area contributed by atoms with Crippen molar-refractivity contribution in [2.24, 2.45) is 0 Å². The van der Waals surface area contributed by atoms with Crippen LogP contribution in [-0.2, 0) is 0 Å². The van der Waals surface area contributed by atoms with Crippen LogP contribution in [0.4, 0.5) is 13.2 Å². The largest absolute Gasteiger partial charge is 0.493 e. The van der Waals surface area contributed by atoms with E-state index in [4.69, 9.17) is 14.2 Å². The predicted octanol–water partition coefficient (Wildman–Crippen LogP) is 2.22. The molecule has 5 nitrogen and oxygen atoms in total. The van der Waals surface area contributed by atoms with E-state index in [1.54, 1.807) is 0 Å². The number of halogens is 3. The minimum Gasteiger partial charge on any atom is -0.493 e. The van der Waals surface area contributed by atoms with Gasteiger partial charge < -0.3 is 19.5 Å². The number of alkyl halides is 3. The van der Waals surface area contributed by atoms with Crippen molar-refractivity contribution in [2.45, 2.75) is 12.2 Å². The average molecular weight is 334 g/mol. The summed E-state index contributed by atoms with van der Waals surface area (Å²) in [4.78, 5) is 1.41. The quantitative estimate of drug-likeness (QED) is 0.894. The van der Waals surface area contributed by atoms with Gasteiger partial charge in [0.25, 0.3) is 0 Å². The fourth-order valence-electron chi connectivity index (χ4n) is 2.81. The van der Waals surface area contributed by atoms with E-state index < -0.39 is 12.2 Å². The van der Waals surface area contributed by atoms with Crippen LogP contribution in [0.25, 0.3) is 0 Å². The molecule has 23 heavy (non-hydrogen) atoms. The molecule has 1 aromatic rings. The molecule has 0 unspecified atom stereocenters. The smallest absolute Gasteiger partial charge is 0.408 e. The maximum Gasteiger partial charge on any atom is 0.408 e. The number of hydrogen-bond acceptors (Lipinski definition) is 5. The Balaban J connectivity index is 2.49. The van der Waals surface area contributed by atoms with Gasteiger partial charge in [-0.3, -0.25) is 4.90 Å². The Labute approximate surface area is 133 Å². The van der Waals surface area contributed by atoms with Crippen molar-refractivity contribution >= 4 is 0 Å². The van der Waals surface area contributed by atoms with E-state index in [0.717, 1.165) is 0 Å². The molecule has 0 radical (unpaired) electrons. The normalized spacial score (nSPS) is 17.7. The number of nitrogens with zero attached hydrogens (tertiary/aromatic N) is 1. The summed E-state index contributed by atoms with van der Waals surface area (Å²) in [6.07, 6.45) is -4.40. The van der Waals surface area contributed by atoms with Crippen LogP contribution in [0, 0.1) is 0 Å². The topological polar surface area (TPSA) is 43.0 Å². The van der Waals surface area contributed by atoms with Gasteiger partial charge in [-0.15, -0.1) is 0 Å². The van der Waals surface area contributed by atoms with E-state index in [2.05, 4.69) is 5.32 Å². The van der Waals surface area contributed by atoms with Gasteiger partial charge >= 0.3 is 6.18 Å². The third kappa shape index (κ3) is 3.81. The zero-order valence-electron chi connectivity index (χ0n) is 13.4. The molecule has 1 aliphatic heterocycles. The van der Waals surface area contributed by atoms with Crippen molar-refractivity contribution in [3.05, 3.63) is 17.7 Å². The van der Waals surface area contributed by atoms with Gasteiger partial charge in [-0.2, -0.15) is 13.2 Å². The summed E-state index contributed by atoms with van der Waals surface area (Å²) in [7, 11) is 4.18. The summed E-state index contributed by atoms with van der Waals surface area (Å²) >= 11 is 0. The minimum atomic E-state index is -4.40. The second-order valence-electron chi connectivity index (χ2n) is 5.19. The molecule has 0 amide bonds. The number of hydrogen-bond donors (Lipinski definition) is 1. The lowest BCUT2D eigenvalue weighted by Crippen LogP contribution is -2.49. The molecule has 0 bridgehead atoms. The van der Waals surface area contributed by atoms with Gasteiger partial charge in [0.2, 0.25) is 5.75 Å². The van der Waals surface area contributed by atoms with E-state index in [1.165, 1.54) is 38.4 Å². The average Bonchev–Trinajstić information content (AvgIpc) is 2.53. The van der Waals surface area contributed by atoms with E-state index in [-0.39, 0.29) is 22.8 Å². The Kier molecular flexibility index (Phi) is 5.59. The van der Waals surface area contributed by atoms with Gasteiger partial charge in [-0.05, 0) is 17.7 Å². The number of ether oxygens (including phenoxy) is 3. The first-order chi connectivity index (χ1) is 10.9. The van der Waals surface area contributed by atoms with E-state index in [0.29, 0.717) is 26.2 Å². The predicted molar refractivity (Wildman–Crippen MR) is 79.3 cm³/mol. The second kappa shape index (κ2) is 7.27. The molecule has 0 aliphatic carbocycles. The van der Waals surface area contributed by atoms with Crippen molar-refractivity contribution in [2.75, 3.05) is 47.5 Å². The van der Waals surface area contributed by atoms with E-state index in [9.17, 15) is 13.2 Å². The van der Waals surface area contributed by atoms with Gasteiger partial charge in [0.15, 0.2) is 11.5 Å². The Bertz CT molecular complexity index is 506. The molecule has 2 rings (SSSR count). The number of nitrogens with one attached hydrogen (secondary N) is 1. The molecule has 0 aromatic heterocycles. The van der Waals surface area contributed by atoms with Crippen LogP contribution in [0.1, 0.15) is 11.6 Å². The van der Waals surface area contributed by atoms with Crippen molar-refractivity contribution < 1.29 is 27.4 Å². The monoisotopic (exact) mass is 334 g/mol. The van der Waals surface area contributed by atoms with Crippen molar-refractivity contribution in [3.8, 4) is 17.2 Å². The number of benzene rings is 1. The Morgan fingerprint density at radius 2 is 1.52 bits per heavy atom. The zero-order chi connectivity index (χ0) is 17.0. The number of methoxy groups -OCH3 is 3. The first-order valence-electron chi connectivity index (χ1n) is 7.23. The van der Waals surface area contributed by atoms with Gasteiger partial charge in [0.1, 0.15) is 6.04 Å². The molecule has 0 saturated carbocycles. The Morgan fingerprint density at radius 3 is 1.91 bits per heavy atom. The first kappa shape index (κ1) is 17.7. The summed E-state index contributed by atoms with van der Waals surface area (Å²) in [5.41, 5.74) is 0.0777. The lowest BCUT2D eigenvalue weighted by Gasteiger charge is -2.36. The zero-order valence-corrected chi connectivity index (χ0v) is 13.4. The minimum absolute atomic E-state index is 0.0777. The standard InChI is InChI=1S/C15H21F3N2O3/c1-21-11-8-10(9-12(22-2)13(11)23-3)14(15(16,17)18)20-6-4-19-5-7-20/h8-9,14,19H,4-7H2,1-3H3/t14-/m1/s1. The summed E-state index contributed by atoms with van der Waals surface area (Å²) < 4.78 is 56.5. The van der Waals surface area contributed by atoms with Crippen molar-refractivity contribution in [3.63, 3.8) is 0 Å². The highest BCUT2D eigenvalue weighted by atomic mass is 19.4. The molecule has 1 aromatic carbocycles. The van der Waals surface area contributed by atoms with Gasteiger partial charge in [0.05, 0.1) is 21.3 Å². The molecule has 0 spiro atoms. The maximum atomic E-state index is 13.7. The summed E-state index contributed by atoms with van der Waals surface area (Å²) in [5, 5.41) is 3.06. The highest BCUT2D eigenvalue weighted by Crippen LogP contribution is 2.45. The first-order valence-corrected chi connectivity index (χ1v) is 7.23. The highest BCUT2D eigenvalue weighted by Gasteiger charge is 2.45. The molecule has 1 aliphatic rings. The summed E-state index contributed by atoms with van der Waals surface area (Å²) in [6.45, 7) is 1.69. The van der Waals surface area contributed by atoms with Crippen LogP contribution in [-0.4, -0.2) is 58.6 Å². The summed E-state index contributed by atoms with van der Waals surface area (Å²) in [6, 6.07) is 1.02. The molecule has 1 heterocycles. The molecular weight excluding hydrogens is 313 g/mol. The molecule has 8 heteroatoms. The molecule has 1 saturated heterocycles.